The quantitative estimate of drug-likeness (QED) is 0.830. The van der Waals surface area contributed by atoms with E-state index in [1.165, 1.54) is 6.07 Å². The topological polar surface area (TPSA) is 87.6 Å². The predicted octanol–water partition coefficient (Wildman–Crippen LogP) is 3.49. The maximum atomic E-state index is 12.1. The Kier molecular flexibility index (Phi) is 5.03. The zero-order chi connectivity index (χ0) is 18.0. The number of amides is 1. The van der Waals surface area contributed by atoms with Gasteiger partial charge in [-0.05, 0) is 36.8 Å². The number of hydrogen-bond donors (Lipinski definition) is 2. The average Bonchev–Trinajstić information content (AvgIpc) is 2.55. The molecule has 0 bridgehead atoms. The highest BCUT2D eigenvalue weighted by Gasteiger charge is 2.24. The van der Waals surface area contributed by atoms with Gasteiger partial charge in [0.05, 0.1) is 22.2 Å². The summed E-state index contributed by atoms with van der Waals surface area (Å²) in [5, 5.41) is 6.21. The molecule has 0 aromatic heterocycles. The van der Waals surface area contributed by atoms with Gasteiger partial charge < -0.3 is 10.6 Å². The molecule has 0 atom stereocenters. The summed E-state index contributed by atoms with van der Waals surface area (Å²) in [5.74, 6) is -0.315. The highest BCUT2D eigenvalue weighted by atomic mass is 35.5. The number of nitrogens with one attached hydrogen (secondary N) is 2. The maximum absolute atomic E-state index is 12.1. The number of para-hydroxylation sites is 1. The molecule has 0 aliphatic carbocycles. The zero-order valence-corrected chi connectivity index (χ0v) is 15.5. The molecule has 0 spiro atoms. The molecule has 1 aliphatic heterocycles. The zero-order valence-electron chi connectivity index (χ0n) is 13.1. The van der Waals surface area contributed by atoms with Gasteiger partial charge >= 0.3 is 0 Å². The molecule has 1 heterocycles. The SMILES string of the molecule is Cc1ccc(NC(=O)CSC2=NS(=O)(=O)c3ccccc3N2)c(Cl)c1. The van der Waals surface area contributed by atoms with E-state index in [2.05, 4.69) is 15.0 Å². The maximum Gasteiger partial charge on any atom is 0.286 e. The van der Waals surface area contributed by atoms with Crippen LogP contribution in [-0.2, 0) is 14.8 Å². The van der Waals surface area contributed by atoms with Crippen molar-refractivity contribution in [2.45, 2.75) is 11.8 Å². The summed E-state index contributed by atoms with van der Waals surface area (Å²) in [7, 11) is -3.76. The normalized spacial score (nSPS) is 14.9. The van der Waals surface area contributed by atoms with Crippen LogP contribution in [0.2, 0.25) is 5.02 Å². The second-order valence-electron chi connectivity index (χ2n) is 5.31. The Balaban J connectivity index is 1.66. The summed E-state index contributed by atoms with van der Waals surface area (Å²) < 4.78 is 28.0. The number of nitrogens with zero attached hydrogens (tertiary/aromatic N) is 1. The van der Waals surface area contributed by atoms with Gasteiger partial charge in [-0.2, -0.15) is 8.42 Å². The van der Waals surface area contributed by atoms with Crippen LogP contribution < -0.4 is 10.6 Å². The number of fused-ring (bicyclic) bond motifs is 1. The number of hydrogen-bond acceptors (Lipinski definition) is 5. The summed E-state index contributed by atoms with van der Waals surface area (Å²) in [6.07, 6.45) is 0. The first kappa shape index (κ1) is 17.8. The molecule has 130 valence electrons. The molecular weight excluding hydrogens is 382 g/mol. The number of halogens is 1. The average molecular weight is 396 g/mol. The molecule has 25 heavy (non-hydrogen) atoms. The van der Waals surface area contributed by atoms with Crippen LogP contribution in [0, 0.1) is 6.92 Å². The molecule has 1 amide bonds. The van der Waals surface area contributed by atoms with Gasteiger partial charge in [-0.25, -0.2) is 0 Å². The van der Waals surface area contributed by atoms with Crippen LogP contribution in [0.5, 0.6) is 0 Å². The summed E-state index contributed by atoms with van der Waals surface area (Å²) in [6.45, 7) is 1.90. The lowest BCUT2D eigenvalue weighted by molar-refractivity contribution is -0.113. The first-order chi connectivity index (χ1) is 11.8. The minimum absolute atomic E-state index is 0.00622. The lowest BCUT2D eigenvalue weighted by Gasteiger charge is -2.17. The fourth-order valence-electron chi connectivity index (χ4n) is 2.20. The third kappa shape index (κ3) is 4.15. The monoisotopic (exact) mass is 395 g/mol. The molecule has 0 fully saturated rings. The molecule has 2 N–H and O–H groups in total. The standard InChI is InChI=1S/C16H14ClN3O3S2/c1-10-6-7-12(11(17)8-10)18-15(21)9-24-16-19-13-4-2-3-5-14(13)25(22,23)20-16/h2-8H,9H2,1H3,(H,18,21)(H,19,20). The van der Waals surface area contributed by atoms with Gasteiger partial charge in [0, 0.05) is 0 Å². The van der Waals surface area contributed by atoms with E-state index in [0.29, 0.717) is 16.4 Å². The van der Waals surface area contributed by atoms with Gasteiger partial charge in [-0.3, -0.25) is 4.79 Å². The van der Waals surface area contributed by atoms with E-state index in [1.807, 2.05) is 13.0 Å². The minimum Gasteiger partial charge on any atom is -0.333 e. The Hall–Kier alpha value is -2.03. The Morgan fingerprint density at radius 1 is 1.28 bits per heavy atom. The van der Waals surface area contributed by atoms with Crippen LogP contribution in [0.15, 0.2) is 51.8 Å². The van der Waals surface area contributed by atoms with Crippen molar-refractivity contribution in [2.24, 2.45) is 4.40 Å². The summed E-state index contributed by atoms with van der Waals surface area (Å²) >= 11 is 7.08. The van der Waals surface area contributed by atoms with Crippen LogP contribution in [0.25, 0.3) is 0 Å². The van der Waals surface area contributed by atoms with Crippen molar-refractivity contribution in [3.8, 4) is 0 Å². The number of amidine groups is 1. The lowest BCUT2D eigenvalue weighted by atomic mass is 10.2. The van der Waals surface area contributed by atoms with Crippen LogP contribution in [0.4, 0.5) is 11.4 Å². The van der Waals surface area contributed by atoms with Crippen LogP contribution in [0.1, 0.15) is 5.56 Å². The molecule has 2 aromatic rings. The number of benzene rings is 2. The second kappa shape index (κ2) is 7.07. The number of aryl methyl sites for hydroxylation is 1. The third-order valence-electron chi connectivity index (χ3n) is 3.35. The van der Waals surface area contributed by atoms with Crippen molar-refractivity contribution < 1.29 is 13.2 Å². The van der Waals surface area contributed by atoms with Gasteiger partial charge in [-0.1, -0.05) is 41.6 Å². The van der Waals surface area contributed by atoms with E-state index in [9.17, 15) is 13.2 Å². The van der Waals surface area contributed by atoms with E-state index in [4.69, 9.17) is 11.6 Å². The number of sulfonamides is 1. The molecule has 0 saturated carbocycles. The Bertz CT molecular complexity index is 974. The Morgan fingerprint density at radius 2 is 2.04 bits per heavy atom. The highest BCUT2D eigenvalue weighted by Crippen LogP contribution is 2.29. The van der Waals surface area contributed by atoms with E-state index < -0.39 is 10.0 Å². The molecule has 2 aromatic carbocycles. The van der Waals surface area contributed by atoms with Gasteiger partial charge in [0.1, 0.15) is 4.90 Å². The van der Waals surface area contributed by atoms with Crippen molar-refractivity contribution in [3.05, 3.63) is 53.1 Å². The van der Waals surface area contributed by atoms with Gasteiger partial charge in [0.15, 0.2) is 5.17 Å². The molecule has 3 rings (SSSR count). The van der Waals surface area contributed by atoms with Crippen LogP contribution >= 0.6 is 23.4 Å². The number of thioether (sulfide) groups is 1. The van der Waals surface area contributed by atoms with E-state index >= 15 is 0 Å². The van der Waals surface area contributed by atoms with Gasteiger partial charge in [-0.15, -0.1) is 4.40 Å². The number of rotatable bonds is 3. The number of anilines is 2. The molecule has 0 unspecified atom stereocenters. The molecule has 0 radical (unpaired) electrons. The second-order valence-corrected chi connectivity index (χ2v) is 8.26. The molecule has 9 heteroatoms. The van der Waals surface area contributed by atoms with Crippen LogP contribution in [0.3, 0.4) is 0 Å². The summed E-state index contributed by atoms with van der Waals surface area (Å²) in [6, 6.07) is 11.8. The van der Waals surface area contributed by atoms with Gasteiger partial charge in [0.25, 0.3) is 10.0 Å². The van der Waals surface area contributed by atoms with Crippen LogP contribution in [-0.4, -0.2) is 25.2 Å². The fraction of sp³-hybridized carbons (Fsp3) is 0.125. The Labute approximate surface area is 154 Å². The largest absolute Gasteiger partial charge is 0.333 e. The lowest BCUT2D eigenvalue weighted by Crippen LogP contribution is -2.22. The van der Waals surface area contributed by atoms with Crippen molar-refractivity contribution in [2.75, 3.05) is 16.4 Å². The first-order valence-corrected chi connectivity index (χ1v) is 10.1. The van der Waals surface area contributed by atoms with Crippen molar-refractivity contribution in [3.63, 3.8) is 0 Å². The van der Waals surface area contributed by atoms with Crippen molar-refractivity contribution in [1.82, 2.24) is 0 Å². The van der Waals surface area contributed by atoms with Crippen molar-refractivity contribution in [1.29, 1.82) is 0 Å². The summed E-state index contributed by atoms with van der Waals surface area (Å²) in [5.41, 5.74) is 1.94. The minimum atomic E-state index is -3.76. The first-order valence-electron chi connectivity index (χ1n) is 7.25. The summed E-state index contributed by atoms with van der Waals surface area (Å²) in [4.78, 5) is 12.2. The third-order valence-corrected chi connectivity index (χ3v) is 5.98. The van der Waals surface area contributed by atoms with Gasteiger partial charge in [0.2, 0.25) is 5.91 Å². The highest BCUT2D eigenvalue weighted by molar-refractivity contribution is 8.15. The molecule has 0 saturated heterocycles. The van der Waals surface area contributed by atoms with E-state index in [-0.39, 0.29) is 21.7 Å². The van der Waals surface area contributed by atoms with E-state index in [1.54, 1.807) is 30.3 Å². The number of carbonyl (C=O) groups is 1. The van der Waals surface area contributed by atoms with E-state index in [0.717, 1.165) is 17.3 Å². The smallest absolute Gasteiger partial charge is 0.286 e. The Morgan fingerprint density at radius 3 is 2.80 bits per heavy atom. The molecule has 6 nitrogen and oxygen atoms in total. The molecule has 1 aliphatic rings. The molecular formula is C16H14ClN3O3S2. The fourth-order valence-corrected chi connectivity index (χ4v) is 4.51. The van der Waals surface area contributed by atoms with Crippen molar-refractivity contribution >= 4 is 55.8 Å². The predicted molar refractivity (Wildman–Crippen MR) is 102 cm³/mol. The number of carbonyl (C=O) groups excluding carboxylic acids is 1.